The van der Waals surface area contributed by atoms with Crippen molar-refractivity contribution >= 4 is 10.9 Å². The predicted octanol–water partition coefficient (Wildman–Crippen LogP) is 8.30. The molecule has 2 heterocycles. The largest absolute Gasteiger partial charge is 0.256 e. The minimum Gasteiger partial charge on any atom is -0.256 e. The predicted molar refractivity (Wildman–Crippen MR) is 141 cm³/mol. The van der Waals surface area contributed by atoms with E-state index < -0.39 is 0 Å². The summed E-state index contributed by atoms with van der Waals surface area (Å²) >= 11 is 0. The SMILES string of the molecule is c1ccc(-c2ccc3nc(-c4ccccc4)cc(-c4ccc(-c5ccccn5)cc4)c3c2)cc1. The topological polar surface area (TPSA) is 25.8 Å². The number of hydrogen-bond acceptors (Lipinski definition) is 2. The molecule has 0 amide bonds. The highest BCUT2D eigenvalue weighted by Crippen LogP contribution is 2.35. The summed E-state index contributed by atoms with van der Waals surface area (Å²) < 4.78 is 0. The molecule has 0 bridgehead atoms. The van der Waals surface area contributed by atoms with Crippen molar-refractivity contribution in [2.75, 3.05) is 0 Å². The van der Waals surface area contributed by atoms with Gasteiger partial charge in [0.15, 0.2) is 0 Å². The summed E-state index contributed by atoms with van der Waals surface area (Å²) in [6.07, 6.45) is 1.83. The summed E-state index contributed by atoms with van der Waals surface area (Å²) in [5.74, 6) is 0. The molecule has 6 rings (SSSR count). The fourth-order valence-electron chi connectivity index (χ4n) is 4.39. The number of pyridine rings is 2. The zero-order valence-electron chi connectivity index (χ0n) is 18.6. The first-order valence-electron chi connectivity index (χ1n) is 11.4. The fourth-order valence-corrected chi connectivity index (χ4v) is 4.39. The lowest BCUT2D eigenvalue weighted by Crippen LogP contribution is -1.91. The van der Waals surface area contributed by atoms with E-state index in [9.17, 15) is 0 Å². The zero-order valence-corrected chi connectivity index (χ0v) is 18.6. The molecular formula is C32H22N2. The monoisotopic (exact) mass is 434 g/mol. The highest BCUT2D eigenvalue weighted by atomic mass is 14.7. The number of rotatable bonds is 4. The first-order valence-corrected chi connectivity index (χ1v) is 11.4. The molecule has 0 unspecified atom stereocenters. The number of hydrogen-bond donors (Lipinski definition) is 0. The van der Waals surface area contributed by atoms with E-state index >= 15 is 0 Å². The van der Waals surface area contributed by atoms with E-state index in [1.54, 1.807) is 0 Å². The first kappa shape index (κ1) is 20.1. The Morgan fingerprint density at radius 1 is 0.412 bits per heavy atom. The Bertz CT molecular complexity index is 1560. The smallest absolute Gasteiger partial charge is 0.0716 e. The van der Waals surface area contributed by atoms with E-state index in [-0.39, 0.29) is 0 Å². The van der Waals surface area contributed by atoms with E-state index in [0.29, 0.717) is 0 Å². The molecule has 0 saturated heterocycles. The van der Waals surface area contributed by atoms with Crippen molar-refractivity contribution in [3.05, 3.63) is 134 Å². The van der Waals surface area contributed by atoms with Crippen molar-refractivity contribution in [3.63, 3.8) is 0 Å². The second kappa shape index (κ2) is 8.76. The van der Waals surface area contributed by atoms with Crippen LogP contribution in [0.25, 0.3) is 55.7 Å². The Hall–Kier alpha value is -4.56. The van der Waals surface area contributed by atoms with Gasteiger partial charge in [-0.1, -0.05) is 97.1 Å². The Morgan fingerprint density at radius 3 is 1.74 bits per heavy atom. The van der Waals surface area contributed by atoms with E-state index in [4.69, 9.17) is 4.98 Å². The number of benzene rings is 4. The highest BCUT2D eigenvalue weighted by molar-refractivity contribution is 5.99. The standard InChI is InChI=1S/C32H22N2/c1-3-9-23(10-4-1)27-18-19-31-29(21-27)28(22-32(34-31)25-11-5-2-6-12-25)24-14-16-26(17-15-24)30-13-7-8-20-33-30/h1-22H. The third-order valence-corrected chi connectivity index (χ3v) is 6.14. The molecule has 0 aliphatic rings. The second-order valence-corrected chi connectivity index (χ2v) is 8.31. The lowest BCUT2D eigenvalue weighted by Gasteiger charge is -2.13. The summed E-state index contributed by atoms with van der Waals surface area (Å²) in [6, 6.07) is 44.3. The van der Waals surface area contributed by atoms with Gasteiger partial charge in [-0.25, -0.2) is 4.98 Å². The van der Waals surface area contributed by atoms with Crippen LogP contribution < -0.4 is 0 Å². The molecule has 2 aromatic heterocycles. The van der Waals surface area contributed by atoms with E-state index in [1.165, 1.54) is 16.7 Å². The average Bonchev–Trinajstić information content (AvgIpc) is 2.94. The van der Waals surface area contributed by atoms with Gasteiger partial charge < -0.3 is 0 Å². The van der Waals surface area contributed by atoms with E-state index in [0.717, 1.165) is 39.0 Å². The van der Waals surface area contributed by atoms with Crippen LogP contribution in [-0.2, 0) is 0 Å². The van der Waals surface area contributed by atoms with Crippen LogP contribution in [-0.4, -0.2) is 9.97 Å². The third kappa shape index (κ3) is 3.87. The number of aromatic nitrogens is 2. The molecule has 2 heteroatoms. The Labute approximate surface area is 199 Å². The van der Waals surface area contributed by atoms with Crippen LogP contribution in [0, 0.1) is 0 Å². The van der Waals surface area contributed by atoms with Crippen LogP contribution in [0.3, 0.4) is 0 Å². The summed E-state index contributed by atoms with van der Waals surface area (Å²) in [5, 5.41) is 1.15. The molecule has 0 radical (unpaired) electrons. The highest BCUT2D eigenvalue weighted by Gasteiger charge is 2.12. The fraction of sp³-hybridized carbons (Fsp3) is 0. The molecule has 0 aliphatic heterocycles. The van der Waals surface area contributed by atoms with Gasteiger partial charge in [-0.15, -0.1) is 0 Å². The quantitative estimate of drug-likeness (QED) is 0.279. The van der Waals surface area contributed by atoms with Crippen LogP contribution in [0.15, 0.2) is 134 Å². The molecular weight excluding hydrogens is 412 g/mol. The summed E-state index contributed by atoms with van der Waals surface area (Å²) in [4.78, 5) is 9.51. The summed E-state index contributed by atoms with van der Waals surface area (Å²) in [5.41, 5.74) is 9.89. The van der Waals surface area contributed by atoms with Crippen molar-refractivity contribution in [1.29, 1.82) is 0 Å². The Morgan fingerprint density at radius 2 is 1.03 bits per heavy atom. The molecule has 4 aromatic carbocycles. The minimum absolute atomic E-state index is 0.976. The normalized spacial score (nSPS) is 10.9. The third-order valence-electron chi connectivity index (χ3n) is 6.14. The van der Waals surface area contributed by atoms with Gasteiger partial charge in [0.1, 0.15) is 0 Å². The van der Waals surface area contributed by atoms with Crippen LogP contribution in [0.5, 0.6) is 0 Å². The molecule has 2 nitrogen and oxygen atoms in total. The van der Waals surface area contributed by atoms with Crippen LogP contribution in [0.2, 0.25) is 0 Å². The Kier molecular flexibility index (Phi) is 5.17. The maximum absolute atomic E-state index is 5.02. The molecule has 0 aliphatic carbocycles. The molecule has 0 fully saturated rings. The minimum atomic E-state index is 0.976. The Balaban J connectivity index is 1.54. The average molecular weight is 435 g/mol. The van der Waals surface area contributed by atoms with Crippen LogP contribution in [0.1, 0.15) is 0 Å². The second-order valence-electron chi connectivity index (χ2n) is 8.31. The van der Waals surface area contributed by atoms with Crippen molar-refractivity contribution < 1.29 is 0 Å². The molecule has 34 heavy (non-hydrogen) atoms. The molecule has 0 saturated carbocycles. The molecule has 6 aromatic rings. The van der Waals surface area contributed by atoms with Gasteiger partial charge in [0, 0.05) is 22.7 Å². The van der Waals surface area contributed by atoms with Crippen LogP contribution in [0.4, 0.5) is 0 Å². The van der Waals surface area contributed by atoms with Gasteiger partial charge in [-0.2, -0.15) is 0 Å². The van der Waals surface area contributed by atoms with Gasteiger partial charge in [0.25, 0.3) is 0 Å². The maximum Gasteiger partial charge on any atom is 0.0716 e. The van der Waals surface area contributed by atoms with Crippen molar-refractivity contribution in [2.45, 2.75) is 0 Å². The summed E-state index contributed by atoms with van der Waals surface area (Å²) in [6.45, 7) is 0. The van der Waals surface area contributed by atoms with E-state index in [1.807, 2.05) is 36.5 Å². The van der Waals surface area contributed by atoms with Crippen molar-refractivity contribution in [2.24, 2.45) is 0 Å². The van der Waals surface area contributed by atoms with Gasteiger partial charge in [-0.05, 0) is 52.6 Å². The van der Waals surface area contributed by atoms with Crippen LogP contribution >= 0.6 is 0 Å². The van der Waals surface area contributed by atoms with Crippen molar-refractivity contribution in [1.82, 2.24) is 9.97 Å². The number of fused-ring (bicyclic) bond motifs is 1. The maximum atomic E-state index is 5.02. The van der Waals surface area contributed by atoms with Gasteiger partial charge in [-0.3, -0.25) is 4.98 Å². The zero-order chi connectivity index (χ0) is 22.7. The first-order chi connectivity index (χ1) is 16.8. The number of nitrogens with zero attached hydrogens (tertiary/aromatic N) is 2. The molecule has 160 valence electrons. The molecule has 0 spiro atoms. The molecule has 0 atom stereocenters. The van der Waals surface area contributed by atoms with Gasteiger partial charge >= 0.3 is 0 Å². The van der Waals surface area contributed by atoms with E-state index in [2.05, 4.69) is 102 Å². The van der Waals surface area contributed by atoms with Gasteiger partial charge in [0.05, 0.1) is 16.9 Å². The summed E-state index contributed by atoms with van der Waals surface area (Å²) in [7, 11) is 0. The van der Waals surface area contributed by atoms with Crippen molar-refractivity contribution in [3.8, 4) is 44.8 Å². The lowest BCUT2D eigenvalue weighted by atomic mass is 9.94. The lowest BCUT2D eigenvalue weighted by molar-refractivity contribution is 1.33. The van der Waals surface area contributed by atoms with Gasteiger partial charge in [0.2, 0.25) is 0 Å². The molecule has 0 N–H and O–H groups in total.